The minimum atomic E-state index is -1.10. The number of nitrogens with one attached hydrogen (secondary N) is 1. The predicted octanol–water partition coefficient (Wildman–Crippen LogP) is 2.18. The van der Waals surface area contributed by atoms with Crippen molar-refractivity contribution < 1.29 is 19.8 Å². The average Bonchev–Trinajstić information content (AvgIpc) is 2.42. The molecule has 6 heteroatoms. The van der Waals surface area contributed by atoms with Crippen LogP contribution in [0.4, 0.5) is 10.5 Å². The zero-order valence-electron chi connectivity index (χ0n) is 11.7. The van der Waals surface area contributed by atoms with Crippen molar-refractivity contribution in [2.24, 2.45) is 0 Å². The third-order valence-corrected chi connectivity index (χ3v) is 3.01. The van der Waals surface area contributed by atoms with Gasteiger partial charge >= 0.3 is 12.0 Å². The first-order valence-electron chi connectivity index (χ1n) is 6.56. The van der Waals surface area contributed by atoms with Crippen LogP contribution in [-0.2, 0) is 4.79 Å². The van der Waals surface area contributed by atoms with Crippen LogP contribution in [0.1, 0.15) is 26.7 Å². The van der Waals surface area contributed by atoms with Crippen LogP contribution in [-0.4, -0.2) is 34.8 Å². The Morgan fingerprint density at radius 2 is 1.75 bits per heavy atom. The van der Waals surface area contributed by atoms with E-state index in [1.165, 1.54) is 24.3 Å². The van der Waals surface area contributed by atoms with Gasteiger partial charge in [-0.3, -0.25) is 9.69 Å². The maximum absolute atomic E-state index is 12.2. The molecule has 1 aromatic carbocycles. The zero-order valence-corrected chi connectivity index (χ0v) is 11.7. The number of amides is 2. The minimum absolute atomic E-state index is 0.0101. The van der Waals surface area contributed by atoms with Gasteiger partial charge in [0.25, 0.3) is 0 Å². The number of hydrogen-bond donors (Lipinski definition) is 3. The number of carboxylic acid groups (broad SMARTS) is 1. The number of aliphatic carboxylic acids is 1. The van der Waals surface area contributed by atoms with Gasteiger partial charge in [-0.1, -0.05) is 13.8 Å². The average molecular weight is 280 g/mol. The SMILES string of the molecule is CCC(CC)NC(=O)N(CC(=O)O)c1ccc(O)cc1. The molecule has 0 aliphatic rings. The van der Waals surface area contributed by atoms with Crippen LogP contribution in [0.25, 0.3) is 0 Å². The second-order valence-corrected chi connectivity index (χ2v) is 4.46. The Balaban J connectivity index is 2.91. The summed E-state index contributed by atoms with van der Waals surface area (Å²) in [5.41, 5.74) is 0.425. The molecule has 6 nitrogen and oxygen atoms in total. The van der Waals surface area contributed by atoms with E-state index in [2.05, 4.69) is 5.32 Å². The molecule has 0 unspecified atom stereocenters. The van der Waals surface area contributed by atoms with E-state index < -0.39 is 18.5 Å². The summed E-state index contributed by atoms with van der Waals surface area (Å²) in [5, 5.41) is 21.0. The van der Waals surface area contributed by atoms with Gasteiger partial charge in [0, 0.05) is 11.7 Å². The minimum Gasteiger partial charge on any atom is -0.508 e. The van der Waals surface area contributed by atoms with E-state index in [9.17, 15) is 14.7 Å². The maximum atomic E-state index is 12.2. The van der Waals surface area contributed by atoms with E-state index in [-0.39, 0.29) is 11.8 Å². The maximum Gasteiger partial charge on any atom is 0.323 e. The van der Waals surface area contributed by atoms with E-state index in [0.29, 0.717) is 5.69 Å². The Hall–Kier alpha value is -2.24. The number of carbonyl (C=O) groups excluding carboxylic acids is 1. The van der Waals surface area contributed by atoms with Gasteiger partial charge in [-0.25, -0.2) is 4.79 Å². The second kappa shape index (κ2) is 7.37. The number of phenols is 1. The van der Waals surface area contributed by atoms with Crippen LogP contribution < -0.4 is 10.2 Å². The standard InChI is InChI=1S/C14H20N2O4/c1-3-10(4-2)15-14(20)16(9-13(18)19)11-5-7-12(17)8-6-11/h5-8,10,17H,3-4,9H2,1-2H3,(H,15,20)(H,18,19). The number of phenolic OH excluding ortho intramolecular Hbond substituents is 1. The highest BCUT2D eigenvalue weighted by Crippen LogP contribution is 2.18. The van der Waals surface area contributed by atoms with Crippen LogP contribution in [0.15, 0.2) is 24.3 Å². The van der Waals surface area contributed by atoms with Gasteiger partial charge in [0.15, 0.2) is 0 Å². The predicted molar refractivity (Wildman–Crippen MR) is 76.0 cm³/mol. The Bertz CT molecular complexity index is 455. The highest BCUT2D eigenvalue weighted by atomic mass is 16.4. The van der Waals surface area contributed by atoms with E-state index in [1.807, 2.05) is 13.8 Å². The summed E-state index contributed by atoms with van der Waals surface area (Å²) in [6.07, 6.45) is 1.55. The van der Waals surface area contributed by atoms with Crippen molar-refractivity contribution in [1.82, 2.24) is 5.32 Å². The van der Waals surface area contributed by atoms with Gasteiger partial charge in [0.05, 0.1) is 0 Å². The lowest BCUT2D eigenvalue weighted by atomic mass is 10.2. The lowest BCUT2D eigenvalue weighted by Gasteiger charge is -2.24. The summed E-state index contributed by atoms with van der Waals surface area (Å²) < 4.78 is 0. The Morgan fingerprint density at radius 1 is 1.20 bits per heavy atom. The molecule has 20 heavy (non-hydrogen) atoms. The highest BCUT2D eigenvalue weighted by Gasteiger charge is 2.20. The second-order valence-electron chi connectivity index (χ2n) is 4.46. The molecular weight excluding hydrogens is 260 g/mol. The number of nitrogens with zero attached hydrogens (tertiary/aromatic N) is 1. The van der Waals surface area contributed by atoms with E-state index in [0.717, 1.165) is 17.7 Å². The number of hydrogen-bond acceptors (Lipinski definition) is 3. The Morgan fingerprint density at radius 3 is 2.20 bits per heavy atom. The monoisotopic (exact) mass is 280 g/mol. The smallest absolute Gasteiger partial charge is 0.323 e. The number of aromatic hydroxyl groups is 1. The lowest BCUT2D eigenvalue weighted by Crippen LogP contribution is -2.46. The number of benzene rings is 1. The van der Waals surface area contributed by atoms with Gasteiger partial charge in [0.2, 0.25) is 0 Å². The fourth-order valence-corrected chi connectivity index (χ4v) is 1.79. The van der Waals surface area contributed by atoms with Crippen molar-refractivity contribution >= 4 is 17.7 Å². The van der Waals surface area contributed by atoms with Crippen molar-refractivity contribution in [3.8, 4) is 5.75 Å². The number of urea groups is 1. The fraction of sp³-hybridized carbons (Fsp3) is 0.429. The van der Waals surface area contributed by atoms with Gasteiger partial charge < -0.3 is 15.5 Å². The molecule has 0 heterocycles. The topological polar surface area (TPSA) is 89.9 Å². The molecule has 0 bridgehead atoms. The van der Waals surface area contributed by atoms with Crippen LogP contribution in [0.2, 0.25) is 0 Å². The molecular formula is C14H20N2O4. The first kappa shape index (κ1) is 15.8. The molecule has 0 saturated heterocycles. The molecule has 110 valence electrons. The molecule has 0 aliphatic heterocycles. The van der Waals surface area contributed by atoms with Gasteiger partial charge in [-0.15, -0.1) is 0 Å². The third-order valence-electron chi connectivity index (χ3n) is 3.01. The van der Waals surface area contributed by atoms with Crippen molar-refractivity contribution in [3.63, 3.8) is 0 Å². The van der Waals surface area contributed by atoms with Crippen LogP contribution in [0, 0.1) is 0 Å². The summed E-state index contributed by atoms with van der Waals surface area (Å²) in [6.45, 7) is 3.48. The summed E-state index contributed by atoms with van der Waals surface area (Å²) in [6, 6.07) is 5.39. The molecule has 0 fully saturated rings. The largest absolute Gasteiger partial charge is 0.508 e. The van der Waals surface area contributed by atoms with Crippen molar-refractivity contribution in [1.29, 1.82) is 0 Å². The van der Waals surface area contributed by atoms with Crippen LogP contribution >= 0.6 is 0 Å². The van der Waals surface area contributed by atoms with Gasteiger partial charge in [0.1, 0.15) is 12.3 Å². The highest BCUT2D eigenvalue weighted by molar-refractivity contribution is 5.96. The molecule has 0 aromatic heterocycles. The first-order chi connectivity index (χ1) is 9.47. The molecule has 0 atom stereocenters. The summed E-state index contributed by atoms with van der Waals surface area (Å²) in [5.74, 6) is -1.04. The van der Waals surface area contributed by atoms with Crippen LogP contribution in [0.5, 0.6) is 5.75 Å². The van der Waals surface area contributed by atoms with Crippen molar-refractivity contribution in [3.05, 3.63) is 24.3 Å². The Labute approximate surface area is 118 Å². The molecule has 0 spiro atoms. The number of anilines is 1. The van der Waals surface area contributed by atoms with E-state index >= 15 is 0 Å². The third kappa shape index (κ3) is 4.46. The van der Waals surface area contributed by atoms with E-state index in [1.54, 1.807) is 0 Å². The first-order valence-corrected chi connectivity index (χ1v) is 6.56. The fourth-order valence-electron chi connectivity index (χ4n) is 1.79. The molecule has 0 radical (unpaired) electrons. The zero-order chi connectivity index (χ0) is 15.1. The molecule has 1 aromatic rings. The number of carboxylic acids is 1. The lowest BCUT2D eigenvalue weighted by molar-refractivity contribution is -0.135. The summed E-state index contributed by atoms with van der Waals surface area (Å²) in [4.78, 5) is 24.2. The molecule has 0 saturated carbocycles. The van der Waals surface area contributed by atoms with Crippen molar-refractivity contribution in [2.45, 2.75) is 32.7 Å². The van der Waals surface area contributed by atoms with E-state index in [4.69, 9.17) is 5.11 Å². The Kier molecular flexibility index (Phi) is 5.83. The summed E-state index contributed by atoms with van der Waals surface area (Å²) in [7, 11) is 0. The number of carbonyl (C=O) groups is 2. The van der Waals surface area contributed by atoms with Crippen molar-refractivity contribution in [2.75, 3.05) is 11.4 Å². The molecule has 3 N–H and O–H groups in total. The normalized spacial score (nSPS) is 10.3. The number of rotatable bonds is 6. The summed E-state index contributed by atoms with van der Waals surface area (Å²) >= 11 is 0. The quantitative estimate of drug-likeness (QED) is 0.745. The molecule has 2 amide bonds. The van der Waals surface area contributed by atoms with Gasteiger partial charge in [-0.2, -0.15) is 0 Å². The van der Waals surface area contributed by atoms with Crippen LogP contribution in [0.3, 0.4) is 0 Å². The molecule has 1 rings (SSSR count). The van der Waals surface area contributed by atoms with Gasteiger partial charge in [-0.05, 0) is 37.1 Å². The molecule has 0 aliphatic carbocycles.